The van der Waals surface area contributed by atoms with E-state index in [1.54, 1.807) is 6.07 Å². The Balaban J connectivity index is 2.03. The van der Waals surface area contributed by atoms with Crippen LogP contribution in [0, 0.1) is 5.82 Å². The van der Waals surface area contributed by atoms with Crippen LogP contribution in [0.2, 0.25) is 5.02 Å². The monoisotopic (exact) mass is 236 g/mol. The van der Waals surface area contributed by atoms with Crippen molar-refractivity contribution < 1.29 is 4.39 Å². The average molecular weight is 237 g/mol. The highest BCUT2D eigenvalue weighted by Gasteiger charge is 1.99. The number of hydrogen-bond acceptors (Lipinski definition) is 2. The Hall–Kier alpha value is -1.74. The number of rotatable bonds is 3. The molecule has 0 amide bonds. The minimum atomic E-state index is -0.443. The third-order valence-corrected chi connectivity index (χ3v) is 2.35. The highest BCUT2D eigenvalue weighted by Crippen LogP contribution is 2.18. The fraction of sp³-hybridized carbons (Fsp3) is 0. The zero-order chi connectivity index (χ0) is 11.4. The molecule has 0 fully saturated rings. The zero-order valence-electron chi connectivity index (χ0n) is 8.37. The van der Waals surface area contributed by atoms with Gasteiger partial charge in [-0.1, -0.05) is 29.8 Å². The van der Waals surface area contributed by atoms with E-state index in [1.807, 2.05) is 30.3 Å². The predicted octanol–water partition coefficient (Wildman–Crippen LogP) is 3.92. The lowest BCUT2D eigenvalue weighted by molar-refractivity contribution is 0.629. The molecule has 0 spiro atoms. The summed E-state index contributed by atoms with van der Waals surface area (Å²) >= 11 is 5.57. The molecule has 2 N–H and O–H groups in total. The summed E-state index contributed by atoms with van der Waals surface area (Å²) in [5.74, 6) is -0.443. The largest absolute Gasteiger partial charge is 0.301 e. The third kappa shape index (κ3) is 2.64. The molecule has 2 rings (SSSR count). The second-order valence-corrected chi connectivity index (χ2v) is 3.65. The first-order valence-electron chi connectivity index (χ1n) is 4.78. The number of hydrogen-bond donors (Lipinski definition) is 2. The first-order chi connectivity index (χ1) is 7.75. The van der Waals surface area contributed by atoms with Crippen molar-refractivity contribution in [3.05, 3.63) is 59.4 Å². The van der Waals surface area contributed by atoms with Gasteiger partial charge in [-0.25, -0.2) is 4.39 Å². The van der Waals surface area contributed by atoms with E-state index in [1.165, 1.54) is 12.1 Å². The van der Waals surface area contributed by atoms with Gasteiger partial charge in [-0.2, -0.15) is 0 Å². The van der Waals surface area contributed by atoms with Gasteiger partial charge < -0.3 is 10.9 Å². The van der Waals surface area contributed by atoms with Crippen LogP contribution in [0.4, 0.5) is 15.8 Å². The summed E-state index contributed by atoms with van der Waals surface area (Å²) in [6.07, 6.45) is 0. The summed E-state index contributed by atoms with van der Waals surface area (Å²) in [6.45, 7) is 0. The topological polar surface area (TPSA) is 24.1 Å². The first kappa shape index (κ1) is 10.8. The van der Waals surface area contributed by atoms with Crippen molar-refractivity contribution in [3.63, 3.8) is 0 Å². The Bertz CT molecular complexity index is 474. The molecule has 2 aromatic carbocycles. The van der Waals surface area contributed by atoms with E-state index >= 15 is 0 Å². The van der Waals surface area contributed by atoms with Gasteiger partial charge in [-0.3, -0.25) is 0 Å². The zero-order valence-corrected chi connectivity index (χ0v) is 9.13. The Labute approximate surface area is 98.0 Å². The summed E-state index contributed by atoms with van der Waals surface area (Å²) in [4.78, 5) is 0. The van der Waals surface area contributed by atoms with Crippen LogP contribution in [0.25, 0.3) is 0 Å². The van der Waals surface area contributed by atoms with E-state index in [4.69, 9.17) is 11.6 Å². The number of hydrazine groups is 1. The number of anilines is 2. The minimum Gasteiger partial charge on any atom is -0.301 e. The fourth-order valence-electron chi connectivity index (χ4n) is 1.24. The Morgan fingerprint density at radius 1 is 0.875 bits per heavy atom. The van der Waals surface area contributed by atoms with Crippen LogP contribution in [-0.4, -0.2) is 0 Å². The van der Waals surface area contributed by atoms with Crippen molar-refractivity contribution in [1.82, 2.24) is 0 Å². The molecule has 4 heteroatoms. The summed E-state index contributed by atoms with van der Waals surface area (Å²) < 4.78 is 13.1. The number of nitrogens with one attached hydrogen (secondary N) is 2. The summed E-state index contributed by atoms with van der Waals surface area (Å²) in [6, 6.07) is 14.1. The van der Waals surface area contributed by atoms with E-state index in [-0.39, 0.29) is 5.02 Å². The molecule has 0 aliphatic rings. The molecule has 0 aromatic heterocycles. The Kier molecular flexibility index (Phi) is 3.27. The van der Waals surface area contributed by atoms with Gasteiger partial charge in [0, 0.05) is 6.07 Å². The molecular formula is C12H10ClFN2. The second kappa shape index (κ2) is 4.86. The molecule has 2 aromatic rings. The maximum absolute atomic E-state index is 13.1. The summed E-state index contributed by atoms with van der Waals surface area (Å²) in [7, 11) is 0. The second-order valence-electron chi connectivity index (χ2n) is 3.24. The quantitative estimate of drug-likeness (QED) is 0.790. The van der Waals surface area contributed by atoms with Gasteiger partial charge >= 0.3 is 0 Å². The molecule has 16 heavy (non-hydrogen) atoms. The molecule has 0 radical (unpaired) electrons. The van der Waals surface area contributed by atoms with Gasteiger partial charge in [0.1, 0.15) is 5.82 Å². The lowest BCUT2D eigenvalue weighted by Gasteiger charge is -2.09. The van der Waals surface area contributed by atoms with Gasteiger partial charge in [-0.05, 0) is 24.3 Å². The molecule has 0 aliphatic carbocycles. The summed E-state index contributed by atoms with van der Waals surface area (Å²) in [5.41, 5.74) is 7.35. The van der Waals surface area contributed by atoms with Crippen molar-refractivity contribution >= 4 is 23.0 Å². The van der Waals surface area contributed by atoms with Crippen LogP contribution in [0.5, 0.6) is 0 Å². The molecule has 0 heterocycles. The van der Waals surface area contributed by atoms with Crippen molar-refractivity contribution in [2.24, 2.45) is 0 Å². The van der Waals surface area contributed by atoms with Crippen LogP contribution < -0.4 is 10.9 Å². The van der Waals surface area contributed by atoms with Crippen molar-refractivity contribution in [1.29, 1.82) is 0 Å². The number of halogens is 2. The van der Waals surface area contributed by atoms with Gasteiger partial charge in [0.05, 0.1) is 16.4 Å². The highest BCUT2D eigenvalue weighted by molar-refractivity contribution is 6.30. The van der Waals surface area contributed by atoms with Crippen LogP contribution in [0.3, 0.4) is 0 Å². The van der Waals surface area contributed by atoms with Gasteiger partial charge in [-0.15, -0.1) is 0 Å². The van der Waals surface area contributed by atoms with E-state index in [9.17, 15) is 4.39 Å². The Morgan fingerprint density at radius 3 is 2.25 bits per heavy atom. The molecule has 2 nitrogen and oxygen atoms in total. The molecule has 0 bridgehead atoms. The molecule has 0 saturated heterocycles. The van der Waals surface area contributed by atoms with Crippen LogP contribution in [0.15, 0.2) is 48.5 Å². The maximum Gasteiger partial charge on any atom is 0.143 e. The van der Waals surface area contributed by atoms with Crippen molar-refractivity contribution in [2.75, 3.05) is 10.9 Å². The van der Waals surface area contributed by atoms with E-state index in [0.29, 0.717) is 5.69 Å². The average Bonchev–Trinajstić information content (AvgIpc) is 2.32. The molecule has 0 saturated carbocycles. The molecular weight excluding hydrogens is 227 g/mol. The molecule has 82 valence electrons. The standard InChI is InChI=1S/C12H10ClFN2/c13-11-7-6-10(8-12(11)14)16-15-9-4-2-1-3-5-9/h1-8,15-16H. The predicted molar refractivity (Wildman–Crippen MR) is 65.1 cm³/mol. The minimum absolute atomic E-state index is 0.116. The van der Waals surface area contributed by atoms with Gasteiger partial charge in [0.2, 0.25) is 0 Å². The van der Waals surface area contributed by atoms with E-state index in [2.05, 4.69) is 10.9 Å². The maximum atomic E-state index is 13.1. The lowest BCUT2D eigenvalue weighted by atomic mass is 10.3. The normalized spacial score (nSPS) is 9.88. The first-order valence-corrected chi connectivity index (χ1v) is 5.15. The van der Waals surface area contributed by atoms with Crippen molar-refractivity contribution in [2.45, 2.75) is 0 Å². The lowest BCUT2D eigenvalue weighted by Crippen LogP contribution is -2.08. The van der Waals surface area contributed by atoms with Gasteiger partial charge in [0.25, 0.3) is 0 Å². The molecule has 0 unspecified atom stereocenters. The summed E-state index contributed by atoms with van der Waals surface area (Å²) in [5, 5.41) is 0.116. The van der Waals surface area contributed by atoms with Gasteiger partial charge in [0.15, 0.2) is 0 Å². The fourth-order valence-corrected chi connectivity index (χ4v) is 1.36. The SMILES string of the molecule is Fc1cc(NNc2ccccc2)ccc1Cl. The highest BCUT2D eigenvalue weighted by atomic mass is 35.5. The van der Waals surface area contributed by atoms with Crippen molar-refractivity contribution in [3.8, 4) is 0 Å². The van der Waals surface area contributed by atoms with Crippen LogP contribution in [0.1, 0.15) is 0 Å². The van der Waals surface area contributed by atoms with Crippen LogP contribution >= 0.6 is 11.6 Å². The number of para-hydroxylation sites is 1. The Morgan fingerprint density at radius 2 is 1.56 bits per heavy atom. The van der Waals surface area contributed by atoms with E-state index in [0.717, 1.165) is 5.69 Å². The van der Waals surface area contributed by atoms with Crippen LogP contribution in [-0.2, 0) is 0 Å². The smallest absolute Gasteiger partial charge is 0.143 e. The number of benzene rings is 2. The molecule has 0 atom stereocenters. The molecule has 0 aliphatic heterocycles. The third-order valence-electron chi connectivity index (χ3n) is 2.04. The van der Waals surface area contributed by atoms with E-state index < -0.39 is 5.82 Å².